The molecule has 3 aliphatic rings. The second-order valence-electron chi connectivity index (χ2n) is 7.10. The highest BCUT2D eigenvalue weighted by Crippen LogP contribution is 2.47. The summed E-state index contributed by atoms with van der Waals surface area (Å²) in [7, 11) is 0. The molecule has 0 aromatic carbocycles. The Hall–Kier alpha value is -1.29. The highest BCUT2D eigenvalue weighted by Gasteiger charge is 2.37. The third kappa shape index (κ3) is 3.31. The van der Waals surface area contributed by atoms with Gasteiger partial charge in [0, 0.05) is 18.0 Å². The molecule has 4 heteroatoms. The number of amides is 1. The van der Waals surface area contributed by atoms with Crippen molar-refractivity contribution in [1.82, 2.24) is 10.2 Å². The highest BCUT2D eigenvalue weighted by atomic mass is 16.3. The van der Waals surface area contributed by atoms with Crippen molar-refractivity contribution < 1.29 is 9.21 Å². The normalized spacial score (nSPS) is 27.9. The average molecular weight is 288 g/mol. The van der Waals surface area contributed by atoms with Crippen LogP contribution < -0.4 is 5.32 Å². The molecule has 0 bridgehead atoms. The molecule has 21 heavy (non-hydrogen) atoms. The Kier molecular flexibility index (Phi) is 3.29. The number of rotatable bonds is 7. The number of nitrogens with zero attached hydrogens (tertiary/aromatic N) is 1. The van der Waals surface area contributed by atoms with E-state index in [-0.39, 0.29) is 5.91 Å². The molecule has 0 radical (unpaired) electrons. The largest absolute Gasteiger partial charge is 0.464 e. The molecule has 114 valence electrons. The van der Waals surface area contributed by atoms with Crippen LogP contribution in [0.4, 0.5) is 0 Å². The van der Waals surface area contributed by atoms with Crippen molar-refractivity contribution in [1.29, 1.82) is 0 Å². The first-order valence-corrected chi connectivity index (χ1v) is 8.31. The van der Waals surface area contributed by atoms with Gasteiger partial charge in [-0.3, -0.25) is 9.69 Å². The van der Waals surface area contributed by atoms with Crippen LogP contribution in [0.5, 0.6) is 0 Å². The van der Waals surface area contributed by atoms with Gasteiger partial charge in [0.2, 0.25) is 5.91 Å². The zero-order valence-electron chi connectivity index (χ0n) is 12.7. The van der Waals surface area contributed by atoms with Gasteiger partial charge in [-0.15, -0.1) is 0 Å². The van der Waals surface area contributed by atoms with E-state index in [0.717, 1.165) is 36.8 Å². The van der Waals surface area contributed by atoms with E-state index in [1.807, 2.05) is 0 Å². The number of carbonyl (C=O) groups is 1. The summed E-state index contributed by atoms with van der Waals surface area (Å²) in [5, 5.41) is 3.08. The molecule has 1 amide bonds. The van der Waals surface area contributed by atoms with E-state index in [9.17, 15) is 4.79 Å². The molecule has 4 nitrogen and oxygen atoms in total. The predicted octanol–water partition coefficient (Wildman–Crippen LogP) is 2.65. The summed E-state index contributed by atoms with van der Waals surface area (Å²) in [6.45, 7) is 3.55. The first-order valence-electron chi connectivity index (χ1n) is 8.31. The highest BCUT2D eigenvalue weighted by molar-refractivity contribution is 5.78. The number of hydrogen-bond donors (Lipinski definition) is 1. The molecule has 1 aromatic heterocycles. The van der Waals surface area contributed by atoms with E-state index in [4.69, 9.17) is 4.42 Å². The second kappa shape index (κ2) is 5.16. The van der Waals surface area contributed by atoms with Crippen molar-refractivity contribution in [3.05, 3.63) is 23.7 Å². The third-order valence-corrected chi connectivity index (χ3v) is 4.87. The molecule has 3 saturated carbocycles. The monoisotopic (exact) mass is 288 g/mol. The first kappa shape index (κ1) is 13.4. The molecule has 0 spiro atoms. The Morgan fingerprint density at radius 2 is 2.10 bits per heavy atom. The smallest absolute Gasteiger partial charge is 0.234 e. The van der Waals surface area contributed by atoms with Gasteiger partial charge in [-0.1, -0.05) is 6.92 Å². The van der Waals surface area contributed by atoms with Gasteiger partial charge in [-0.25, -0.2) is 0 Å². The molecule has 1 heterocycles. The summed E-state index contributed by atoms with van der Waals surface area (Å²) in [5.41, 5.74) is 0. The summed E-state index contributed by atoms with van der Waals surface area (Å²) in [6.07, 6.45) is 5.98. The van der Waals surface area contributed by atoms with Gasteiger partial charge in [-0.2, -0.15) is 0 Å². The molecule has 2 atom stereocenters. The van der Waals surface area contributed by atoms with Gasteiger partial charge >= 0.3 is 0 Å². The molecule has 0 aliphatic heterocycles. The molecule has 0 saturated heterocycles. The van der Waals surface area contributed by atoms with Crippen molar-refractivity contribution in [2.45, 2.75) is 63.6 Å². The van der Waals surface area contributed by atoms with Crippen LogP contribution in [-0.4, -0.2) is 29.4 Å². The molecule has 1 aromatic rings. The van der Waals surface area contributed by atoms with E-state index in [2.05, 4.69) is 29.3 Å². The Labute approximate surface area is 125 Å². The van der Waals surface area contributed by atoms with Crippen molar-refractivity contribution in [3.63, 3.8) is 0 Å². The maximum atomic E-state index is 12.0. The van der Waals surface area contributed by atoms with Crippen LogP contribution in [0.3, 0.4) is 0 Å². The van der Waals surface area contributed by atoms with Crippen LogP contribution in [-0.2, 0) is 11.3 Å². The summed E-state index contributed by atoms with van der Waals surface area (Å²) < 4.78 is 5.99. The average Bonchev–Trinajstić information content (AvgIpc) is 3.29. The summed E-state index contributed by atoms with van der Waals surface area (Å²) in [5.74, 6) is 3.72. The van der Waals surface area contributed by atoms with Gasteiger partial charge in [0.15, 0.2) is 0 Å². The zero-order chi connectivity index (χ0) is 14.4. The summed E-state index contributed by atoms with van der Waals surface area (Å²) in [4.78, 5) is 14.3. The number of nitrogens with one attached hydrogen (secondary N) is 1. The fraction of sp³-hybridized carbons (Fsp3) is 0.706. The van der Waals surface area contributed by atoms with E-state index in [1.54, 1.807) is 0 Å². The van der Waals surface area contributed by atoms with Crippen LogP contribution in [0.25, 0.3) is 0 Å². The maximum Gasteiger partial charge on any atom is 0.234 e. The minimum absolute atomic E-state index is 0.173. The van der Waals surface area contributed by atoms with Crippen molar-refractivity contribution in [3.8, 4) is 0 Å². The Balaban J connectivity index is 1.35. The van der Waals surface area contributed by atoms with E-state index < -0.39 is 0 Å². The summed E-state index contributed by atoms with van der Waals surface area (Å²) >= 11 is 0. The van der Waals surface area contributed by atoms with Crippen LogP contribution in [0.1, 0.15) is 56.5 Å². The van der Waals surface area contributed by atoms with E-state index in [1.165, 1.54) is 19.3 Å². The van der Waals surface area contributed by atoms with Crippen LogP contribution in [0, 0.1) is 5.92 Å². The van der Waals surface area contributed by atoms with Crippen LogP contribution in [0.2, 0.25) is 0 Å². The minimum atomic E-state index is 0.173. The molecule has 1 N–H and O–H groups in total. The molecule has 3 fully saturated rings. The zero-order valence-corrected chi connectivity index (χ0v) is 12.7. The van der Waals surface area contributed by atoms with Gasteiger partial charge < -0.3 is 9.73 Å². The molecule has 3 aliphatic carbocycles. The fourth-order valence-corrected chi connectivity index (χ4v) is 3.04. The lowest BCUT2D eigenvalue weighted by atomic mass is 10.3. The number of furan rings is 1. The van der Waals surface area contributed by atoms with Gasteiger partial charge in [0.1, 0.15) is 11.5 Å². The van der Waals surface area contributed by atoms with Crippen LogP contribution >= 0.6 is 0 Å². The Bertz CT molecular complexity index is 531. The fourth-order valence-electron chi connectivity index (χ4n) is 3.04. The maximum absolute atomic E-state index is 12.0. The minimum Gasteiger partial charge on any atom is -0.464 e. The number of carbonyl (C=O) groups excluding carboxylic acids is 1. The van der Waals surface area contributed by atoms with Crippen molar-refractivity contribution in [2.24, 2.45) is 5.92 Å². The third-order valence-electron chi connectivity index (χ3n) is 4.87. The molecule has 4 rings (SSSR count). The first-order chi connectivity index (χ1) is 10.2. The SMILES string of the molecule is C[C@@H]1C[C@@H]1c1ccc(CN(CC(=O)NC2CC2)C2CC2)o1. The predicted molar refractivity (Wildman–Crippen MR) is 79.8 cm³/mol. The quantitative estimate of drug-likeness (QED) is 0.839. The Morgan fingerprint density at radius 3 is 2.71 bits per heavy atom. The van der Waals surface area contributed by atoms with Gasteiger partial charge in [0.05, 0.1) is 13.1 Å². The standard InChI is InChI=1S/C17H24N2O2/c1-11-8-15(11)16-7-6-14(21-16)9-19(13-4-5-13)10-17(20)18-12-2-3-12/h6-7,11-13,15H,2-5,8-10H2,1H3,(H,18,20)/t11-,15+/m1/s1. The van der Waals surface area contributed by atoms with Crippen molar-refractivity contribution >= 4 is 5.91 Å². The lowest BCUT2D eigenvalue weighted by molar-refractivity contribution is -0.122. The summed E-state index contributed by atoms with van der Waals surface area (Å²) in [6, 6.07) is 5.24. The molecular formula is C17H24N2O2. The van der Waals surface area contributed by atoms with Gasteiger partial charge in [-0.05, 0) is 50.2 Å². The van der Waals surface area contributed by atoms with Crippen molar-refractivity contribution in [2.75, 3.05) is 6.54 Å². The lowest BCUT2D eigenvalue weighted by Gasteiger charge is -2.20. The lowest BCUT2D eigenvalue weighted by Crippen LogP contribution is -2.38. The topological polar surface area (TPSA) is 45.5 Å². The van der Waals surface area contributed by atoms with E-state index >= 15 is 0 Å². The van der Waals surface area contributed by atoms with E-state index in [0.29, 0.717) is 24.5 Å². The molecular weight excluding hydrogens is 264 g/mol. The molecule has 0 unspecified atom stereocenters. The number of hydrogen-bond acceptors (Lipinski definition) is 3. The second-order valence-corrected chi connectivity index (χ2v) is 7.10. The van der Waals surface area contributed by atoms with Crippen LogP contribution in [0.15, 0.2) is 16.5 Å². The Morgan fingerprint density at radius 1 is 1.33 bits per heavy atom. The van der Waals surface area contributed by atoms with Gasteiger partial charge in [0.25, 0.3) is 0 Å².